The average Bonchev–Trinajstić information content (AvgIpc) is 3.34. The van der Waals surface area contributed by atoms with Crippen LogP contribution in [0.5, 0.6) is 0 Å². The molecule has 0 atom stereocenters. The Labute approximate surface area is 221 Å². The van der Waals surface area contributed by atoms with Gasteiger partial charge in [-0.2, -0.15) is 0 Å². The molecule has 0 saturated carbocycles. The van der Waals surface area contributed by atoms with Crippen molar-refractivity contribution in [3.63, 3.8) is 0 Å². The highest BCUT2D eigenvalue weighted by Gasteiger charge is 2.36. The van der Waals surface area contributed by atoms with Gasteiger partial charge in [0.05, 0.1) is 23.4 Å². The van der Waals surface area contributed by atoms with Gasteiger partial charge in [-0.3, -0.25) is 9.59 Å². The first-order valence-electron chi connectivity index (χ1n) is 12.4. The van der Waals surface area contributed by atoms with E-state index in [1.54, 1.807) is 60.0 Å². The molecule has 0 aliphatic carbocycles. The molecule has 0 unspecified atom stereocenters. The van der Waals surface area contributed by atoms with Gasteiger partial charge in [0.15, 0.2) is 11.6 Å². The van der Waals surface area contributed by atoms with Crippen LogP contribution in [0.25, 0.3) is 16.9 Å². The number of carbonyl (C=O) groups excluding carboxylic acids is 3. The van der Waals surface area contributed by atoms with E-state index in [0.717, 1.165) is 0 Å². The maximum Gasteiger partial charge on any atom is 0.356 e. The molecule has 1 aromatic heterocycles. The van der Waals surface area contributed by atoms with Gasteiger partial charge in [-0.15, -0.1) is 0 Å². The molecule has 5 heteroatoms. The second-order valence-electron chi connectivity index (χ2n) is 8.59. The van der Waals surface area contributed by atoms with E-state index in [1.165, 1.54) is 0 Å². The minimum absolute atomic E-state index is 0.0186. The van der Waals surface area contributed by atoms with Crippen LogP contribution in [0.2, 0.25) is 0 Å². The minimum atomic E-state index is -0.681. The monoisotopic (exact) mass is 499 g/mol. The Morgan fingerprint density at radius 3 is 1.55 bits per heavy atom. The second kappa shape index (κ2) is 10.9. The van der Waals surface area contributed by atoms with Crippen molar-refractivity contribution in [2.75, 3.05) is 6.61 Å². The summed E-state index contributed by atoms with van der Waals surface area (Å²) in [4.78, 5) is 42.1. The summed E-state index contributed by atoms with van der Waals surface area (Å²) in [6.07, 6.45) is 0. The summed E-state index contributed by atoms with van der Waals surface area (Å²) >= 11 is 0. The number of nitrogens with zero attached hydrogens (tertiary/aromatic N) is 1. The number of ketones is 2. The molecular formula is C33H25NO4. The van der Waals surface area contributed by atoms with Crippen molar-refractivity contribution in [3.8, 4) is 16.9 Å². The highest BCUT2D eigenvalue weighted by Crippen LogP contribution is 2.38. The molecule has 0 amide bonds. The van der Waals surface area contributed by atoms with Crippen LogP contribution in [0.1, 0.15) is 49.3 Å². The standard InChI is InChI=1S/C33H25NO4/c1-2-38-33(37)30-28(32(36)25-19-11-5-12-20-25)27(31(35)24-17-9-4-10-18-24)29(23-15-7-3-8-16-23)34(30)26-21-13-6-14-22-26/h3-22H,2H2,1H3. The molecule has 1 heterocycles. The number of benzene rings is 4. The maximum absolute atomic E-state index is 14.3. The highest BCUT2D eigenvalue weighted by atomic mass is 16.5. The lowest BCUT2D eigenvalue weighted by atomic mass is 9.92. The van der Waals surface area contributed by atoms with Gasteiger partial charge in [0.25, 0.3) is 0 Å². The molecule has 186 valence electrons. The molecule has 0 N–H and O–H groups in total. The Balaban J connectivity index is 1.96. The summed E-state index contributed by atoms with van der Waals surface area (Å²) in [5.41, 5.74) is 2.74. The topological polar surface area (TPSA) is 65.4 Å². The molecule has 0 saturated heterocycles. The zero-order valence-corrected chi connectivity index (χ0v) is 20.8. The van der Waals surface area contributed by atoms with E-state index in [0.29, 0.717) is 28.1 Å². The predicted octanol–water partition coefficient (Wildman–Crippen LogP) is 6.78. The molecule has 0 aliphatic rings. The van der Waals surface area contributed by atoms with Gasteiger partial charge in [-0.25, -0.2) is 4.79 Å². The minimum Gasteiger partial charge on any atom is -0.461 e. The Morgan fingerprint density at radius 2 is 1.05 bits per heavy atom. The third-order valence-corrected chi connectivity index (χ3v) is 6.23. The third-order valence-electron chi connectivity index (χ3n) is 6.23. The number of rotatable bonds is 8. The number of ether oxygens (including phenoxy) is 1. The zero-order chi connectivity index (χ0) is 26.5. The van der Waals surface area contributed by atoms with Crippen LogP contribution in [0.15, 0.2) is 121 Å². The normalized spacial score (nSPS) is 10.7. The quantitative estimate of drug-likeness (QED) is 0.174. The molecule has 0 spiro atoms. The molecule has 5 nitrogen and oxygen atoms in total. The lowest BCUT2D eigenvalue weighted by molar-refractivity contribution is 0.0514. The lowest BCUT2D eigenvalue weighted by Crippen LogP contribution is -2.17. The van der Waals surface area contributed by atoms with Crippen molar-refractivity contribution in [1.29, 1.82) is 0 Å². The van der Waals surface area contributed by atoms with Crippen molar-refractivity contribution in [1.82, 2.24) is 4.57 Å². The summed E-state index contributed by atoms with van der Waals surface area (Å²) < 4.78 is 7.16. The molecule has 4 aromatic carbocycles. The van der Waals surface area contributed by atoms with E-state index in [1.807, 2.05) is 72.8 Å². The Hall–Kier alpha value is -5.03. The van der Waals surface area contributed by atoms with E-state index >= 15 is 0 Å². The van der Waals surface area contributed by atoms with E-state index in [2.05, 4.69) is 0 Å². The van der Waals surface area contributed by atoms with Crippen LogP contribution in [0.3, 0.4) is 0 Å². The fourth-order valence-corrected chi connectivity index (χ4v) is 4.58. The molecule has 0 radical (unpaired) electrons. The van der Waals surface area contributed by atoms with Crippen LogP contribution in [0.4, 0.5) is 0 Å². The van der Waals surface area contributed by atoms with Gasteiger partial charge in [0.1, 0.15) is 5.69 Å². The van der Waals surface area contributed by atoms with Gasteiger partial charge in [0, 0.05) is 16.8 Å². The van der Waals surface area contributed by atoms with Gasteiger partial charge in [-0.05, 0) is 24.6 Å². The van der Waals surface area contributed by atoms with Crippen molar-refractivity contribution in [2.45, 2.75) is 6.92 Å². The summed E-state index contributed by atoms with van der Waals surface area (Å²) in [5, 5.41) is 0. The first kappa shape index (κ1) is 24.7. The Morgan fingerprint density at radius 1 is 0.605 bits per heavy atom. The maximum atomic E-state index is 14.3. The van der Waals surface area contributed by atoms with Crippen LogP contribution in [-0.4, -0.2) is 28.7 Å². The average molecular weight is 500 g/mol. The molecule has 0 aliphatic heterocycles. The number of carbonyl (C=O) groups is 3. The second-order valence-corrected chi connectivity index (χ2v) is 8.59. The van der Waals surface area contributed by atoms with E-state index in [-0.39, 0.29) is 29.2 Å². The summed E-state index contributed by atoms with van der Waals surface area (Å²) in [7, 11) is 0. The van der Waals surface area contributed by atoms with Crippen LogP contribution in [-0.2, 0) is 4.74 Å². The van der Waals surface area contributed by atoms with E-state index < -0.39 is 11.8 Å². The number of aromatic nitrogens is 1. The third kappa shape index (κ3) is 4.58. The van der Waals surface area contributed by atoms with E-state index in [4.69, 9.17) is 4.74 Å². The Kier molecular flexibility index (Phi) is 7.09. The number of para-hydroxylation sites is 1. The van der Waals surface area contributed by atoms with Crippen LogP contribution >= 0.6 is 0 Å². The number of hydrogen-bond donors (Lipinski definition) is 0. The zero-order valence-electron chi connectivity index (χ0n) is 20.8. The van der Waals surface area contributed by atoms with Gasteiger partial charge < -0.3 is 9.30 Å². The van der Waals surface area contributed by atoms with Gasteiger partial charge in [-0.1, -0.05) is 109 Å². The predicted molar refractivity (Wildman–Crippen MR) is 147 cm³/mol. The molecule has 5 aromatic rings. The molecule has 0 fully saturated rings. The van der Waals surface area contributed by atoms with E-state index in [9.17, 15) is 14.4 Å². The van der Waals surface area contributed by atoms with Gasteiger partial charge in [0.2, 0.25) is 0 Å². The molecule has 0 bridgehead atoms. The fraction of sp³-hybridized carbons (Fsp3) is 0.0606. The van der Waals surface area contributed by atoms with Crippen molar-refractivity contribution >= 4 is 17.5 Å². The summed E-state index contributed by atoms with van der Waals surface area (Å²) in [5.74, 6) is -1.47. The molecular weight excluding hydrogens is 474 g/mol. The van der Waals surface area contributed by atoms with Crippen molar-refractivity contribution in [3.05, 3.63) is 149 Å². The summed E-state index contributed by atoms with van der Waals surface area (Å²) in [6, 6.07) is 36.0. The lowest BCUT2D eigenvalue weighted by Gasteiger charge is -2.14. The highest BCUT2D eigenvalue weighted by molar-refractivity contribution is 6.25. The fourth-order valence-electron chi connectivity index (χ4n) is 4.58. The largest absolute Gasteiger partial charge is 0.461 e. The molecule has 5 rings (SSSR count). The van der Waals surface area contributed by atoms with Crippen LogP contribution < -0.4 is 0 Å². The summed E-state index contributed by atoms with van der Waals surface area (Å²) in [6.45, 7) is 1.82. The van der Waals surface area contributed by atoms with Gasteiger partial charge >= 0.3 is 5.97 Å². The number of hydrogen-bond acceptors (Lipinski definition) is 4. The van der Waals surface area contributed by atoms with Crippen molar-refractivity contribution < 1.29 is 19.1 Å². The smallest absolute Gasteiger partial charge is 0.356 e. The van der Waals surface area contributed by atoms with Crippen LogP contribution in [0, 0.1) is 0 Å². The first-order valence-corrected chi connectivity index (χ1v) is 12.4. The molecule has 38 heavy (non-hydrogen) atoms. The SMILES string of the molecule is CCOC(=O)c1c(C(=O)c2ccccc2)c(C(=O)c2ccccc2)c(-c2ccccc2)n1-c1ccccc1. The number of esters is 1. The first-order chi connectivity index (χ1) is 18.6. The Bertz CT molecular complexity index is 1590. The van der Waals surface area contributed by atoms with Crippen molar-refractivity contribution in [2.24, 2.45) is 0 Å².